The molecule has 1 N–H and O–H groups in total. The second-order valence-corrected chi connectivity index (χ2v) is 6.54. The molecule has 3 aromatic rings. The first-order valence-electron chi connectivity index (χ1n) is 7.24. The number of hydrogen-bond donors (Lipinski definition) is 1. The molecule has 3 heteroatoms. The summed E-state index contributed by atoms with van der Waals surface area (Å²) in [6, 6.07) is 24.1. The SMILES string of the molecule is C[C@H](Sc1ccccc1)C(=O)Nc1ccc2ccccc2c1. The van der Waals surface area contributed by atoms with E-state index in [4.69, 9.17) is 0 Å². The molecule has 0 fully saturated rings. The second-order valence-electron chi connectivity index (χ2n) is 5.12. The average molecular weight is 307 g/mol. The molecular formula is C19H17NOS. The molecule has 0 aromatic heterocycles. The molecule has 0 unspecified atom stereocenters. The van der Waals surface area contributed by atoms with E-state index in [-0.39, 0.29) is 11.2 Å². The number of hydrogen-bond acceptors (Lipinski definition) is 2. The molecule has 0 aliphatic rings. The largest absolute Gasteiger partial charge is 0.325 e. The van der Waals surface area contributed by atoms with Gasteiger partial charge in [0.05, 0.1) is 5.25 Å². The van der Waals surface area contributed by atoms with E-state index in [1.807, 2.05) is 73.7 Å². The fourth-order valence-electron chi connectivity index (χ4n) is 2.27. The maximum absolute atomic E-state index is 12.3. The lowest BCUT2D eigenvalue weighted by molar-refractivity contribution is -0.115. The average Bonchev–Trinajstić information content (AvgIpc) is 2.55. The summed E-state index contributed by atoms with van der Waals surface area (Å²) in [7, 11) is 0. The van der Waals surface area contributed by atoms with Crippen LogP contribution in [0.15, 0.2) is 77.7 Å². The van der Waals surface area contributed by atoms with Crippen molar-refractivity contribution >= 4 is 34.1 Å². The van der Waals surface area contributed by atoms with Crippen LogP contribution in [0.2, 0.25) is 0 Å². The molecule has 2 nitrogen and oxygen atoms in total. The lowest BCUT2D eigenvalue weighted by Crippen LogP contribution is -2.22. The minimum atomic E-state index is -0.145. The molecule has 0 saturated carbocycles. The van der Waals surface area contributed by atoms with Gasteiger partial charge < -0.3 is 5.32 Å². The molecule has 0 aliphatic heterocycles. The van der Waals surface area contributed by atoms with Gasteiger partial charge in [-0.25, -0.2) is 0 Å². The van der Waals surface area contributed by atoms with Crippen LogP contribution in [0.1, 0.15) is 6.92 Å². The van der Waals surface area contributed by atoms with Crippen molar-refractivity contribution in [2.24, 2.45) is 0 Å². The Morgan fingerprint density at radius 2 is 1.59 bits per heavy atom. The van der Waals surface area contributed by atoms with Gasteiger partial charge in [-0.05, 0) is 42.0 Å². The van der Waals surface area contributed by atoms with Gasteiger partial charge in [-0.2, -0.15) is 0 Å². The van der Waals surface area contributed by atoms with Crippen molar-refractivity contribution in [3.8, 4) is 0 Å². The Hall–Kier alpha value is -2.26. The first-order chi connectivity index (χ1) is 10.7. The molecule has 0 bridgehead atoms. The summed E-state index contributed by atoms with van der Waals surface area (Å²) in [5, 5.41) is 5.15. The summed E-state index contributed by atoms with van der Waals surface area (Å²) in [4.78, 5) is 13.4. The van der Waals surface area contributed by atoms with E-state index in [0.29, 0.717) is 0 Å². The summed E-state index contributed by atoms with van der Waals surface area (Å²) in [5.74, 6) is 0.0177. The summed E-state index contributed by atoms with van der Waals surface area (Å²) < 4.78 is 0. The van der Waals surface area contributed by atoms with Gasteiger partial charge in [0.15, 0.2) is 0 Å². The van der Waals surface area contributed by atoms with Crippen LogP contribution < -0.4 is 5.32 Å². The Kier molecular flexibility index (Phi) is 4.45. The Morgan fingerprint density at radius 3 is 2.36 bits per heavy atom. The lowest BCUT2D eigenvalue weighted by Gasteiger charge is -2.12. The van der Waals surface area contributed by atoms with Gasteiger partial charge in [-0.15, -0.1) is 11.8 Å². The van der Waals surface area contributed by atoms with E-state index in [0.717, 1.165) is 16.0 Å². The van der Waals surface area contributed by atoms with Crippen LogP contribution in [0.5, 0.6) is 0 Å². The maximum Gasteiger partial charge on any atom is 0.237 e. The monoisotopic (exact) mass is 307 g/mol. The summed E-state index contributed by atoms with van der Waals surface area (Å²) in [6.07, 6.45) is 0. The first-order valence-corrected chi connectivity index (χ1v) is 8.12. The molecule has 0 radical (unpaired) electrons. The zero-order valence-electron chi connectivity index (χ0n) is 12.3. The third-order valence-electron chi connectivity index (χ3n) is 3.44. The molecule has 0 saturated heterocycles. The highest BCUT2D eigenvalue weighted by Gasteiger charge is 2.14. The number of nitrogens with one attached hydrogen (secondary N) is 1. The smallest absolute Gasteiger partial charge is 0.237 e. The van der Waals surface area contributed by atoms with E-state index in [9.17, 15) is 4.79 Å². The summed E-state index contributed by atoms with van der Waals surface area (Å²) in [5.41, 5.74) is 0.837. The van der Waals surface area contributed by atoms with Gasteiger partial charge in [-0.1, -0.05) is 48.5 Å². The van der Waals surface area contributed by atoms with Crippen molar-refractivity contribution in [3.05, 3.63) is 72.8 Å². The third-order valence-corrected chi connectivity index (χ3v) is 4.55. The molecular weight excluding hydrogens is 290 g/mol. The summed E-state index contributed by atoms with van der Waals surface area (Å²) >= 11 is 1.56. The fraction of sp³-hybridized carbons (Fsp3) is 0.105. The number of anilines is 1. The number of thioether (sulfide) groups is 1. The van der Waals surface area contributed by atoms with Crippen LogP contribution in [0.25, 0.3) is 10.8 Å². The van der Waals surface area contributed by atoms with Gasteiger partial charge in [-0.3, -0.25) is 4.79 Å². The third kappa shape index (κ3) is 3.49. The molecule has 1 atom stereocenters. The predicted octanol–water partition coefficient (Wildman–Crippen LogP) is 4.96. The van der Waals surface area contributed by atoms with Crippen LogP contribution in [-0.4, -0.2) is 11.2 Å². The normalized spacial score (nSPS) is 12.0. The molecule has 110 valence electrons. The van der Waals surface area contributed by atoms with Crippen molar-refractivity contribution in [1.29, 1.82) is 0 Å². The van der Waals surface area contributed by atoms with Crippen LogP contribution >= 0.6 is 11.8 Å². The van der Waals surface area contributed by atoms with Crippen molar-refractivity contribution < 1.29 is 4.79 Å². The van der Waals surface area contributed by atoms with Gasteiger partial charge in [0.25, 0.3) is 0 Å². The zero-order chi connectivity index (χ0) is 15.4. The van der Waals surface area contributed by atoms with E-state index in [1.54, 1.807) is 11.8 Å². The van der Waals surface area contributed by atoms with E-state index in [2.05, 4.69) is 11.4 Å². The van der Waals surface area contributed by atoms with Gasteiger partial charge in [0, 0.05) is 10.6 Å². The number of fused-ring (bicyclic) bond motifs is 1. The summed E-state index contributed by atoms with van der Waals surface area (Å²) in [6.45, 7) is 1.92. The topological polar surface area (TPSA) is 29.1 Å². The van der Waals surface area contributed by atoms with Crippen molar-refractivity contribution in [1.82, 2.24) is 0 Å². The fourth-order valence-corrected chi connectivity index (χ4v) is 3.16. The van der Waals surface area contributed by atoms with Crippen LogP contribution in [0.4, 0.5) is 5.69 Å². The van der Waals surface area contributed by atoms with Crippen molar-refractivity contribution in [2.45, 2.75) is 17.1 Å². The molecule has 1 amide bonds. The Labute approximate surface area is 134 Å². The quantitative estimate of drug-likeness (QED) is 0.690. The number of rotatable bonds is 4. The highest BCUT2D eigenvalue weighted by Crippen LogP contribution is 2.24. The molecule has 3 aromatic carbocycles. The van der Waals surface area contributed by atoms with Crippen LogP contribution in [-0.2, 0) is 4.79 Å². The number of amides is 1. The molecule has 0 aliphatic carbocycles. The Bertz CT molecular complexity index is 786. The highest BCUT2D eigenvalue weighted by atomic mass is 32.2. The standard InChI is InChI=1S/C19H17NOS/c1-14(22-18-9-3-2-4-10-18)19(21)20-17-12-11-15-7-5-6-8-16(15)13-17/h2-14H,1H3,(H,20,21)/t14-/m0/s1. The minimum absolute atomic E-state index is 0.0177. The van der Waals surface area contributed by atoms with E-state index in [1.165, 1.54) is 5.39 Å². The molecule has 22 heavy (non-hydrogen) atoms. The number of benzene rings is 3. The number of carbonyl (C=O) groups excluding carboxylic acids is 1. The second kappa shape index (κ2) is 6.67. The zero-order valence-corrected chi connectivity index (χ0v) is 13.1. The Morgan fingerprint density at radius 1 is 0.909 bits per heavy atom. The maximum atomic E-state index is 12.3. The predicted molar refractivity (Wildman–Crippen MR) is 94.3 cm³/mol. The highest BCUT2D eigenvalue weighted by molar-refractivity contribution is 8.00. The molecule has 3 rings (SSSR count). The minimum Gasteiger partial charge on any atom is -0.325 e. The first kappa shape index (κ1) is 14.7. The van der Waals surface area contributed by atoms with E-state index < -0.39 is 0 Å². The van der Waals surface area contributed by atoms with E-state index >= 15 is 0 Å². The van der Waals surface area contributed by atoms with Crippen molar-refractivity contribution in [3.63, 3.8) is 0 Å². The lowest BCUT2D eigenvalue weighted by atomic mass is 10.1. The van der Waals surface area contributed by atoms with Crippen LogP contribution in [0.3, 0.4) is 0 Å². The molecule has 0 spiro atoms. The number of carbonyl (C=O) groups is 1. The van der Waals surface area contributed by atoms with Crippen molar-refractivity contribution in [2.75, 3.05) is 5.32 Å². The van der Waals surface area contributed by atoms with Gasteiger partial charge in [0.2, 0.25) is 5.91 Å². The van der Waals surface area contributed by atoms with Gasteiger partial charge >= 0.3 is 0 Å². The van der Waals surface area contributed by atoms with Crippen LogP contribution in [0, 0.1) is 0 Å². The molecule has 0 heterocycles. The Balaban J connectivity index is 1.69. The van der Waals surface area contributed by atoms with Gasteiger partial charge in [0.1, 0.15) is 0 Å².